The van der Waals surface area contributed by atoms with Gasteiger partial charge in [0.05, 0.1) is 37.6 Å². The highest BCUT2D eigenvalue weighted by Crippen LogP contribution is 2.27. The SMILES string of the molecule is COCc1cc(=O)n(CC(=O)Nc2ccc(OC)c(Cl)c2)c(N2CCOCC2)n1. The minimum absolute atomic E-state index is 0.185. The number of hydrogen-bond acceptors (Lipinski definition) is 7. The predicted octanol–water partition coefficient (Wildman–Crippen LogP) is 1.53. The second-order valence-corrected chi connectivity index (χ2v) is 6.81. The average Bonchev–Trinajstić information content (AvgIpc) is 2.71. The number of carbonyl (C=O) groups excluding carboxylic acids is 1. The summed E-state index contributed by atoms with van der Waals surface area (Å²) in [5, 5.41) is 3.12. The first-order chi connectivity index (χ1) is 14.0. The van der Waals surface area contributed by atoms with Gasteiger partial charge >= 0.3 is 0 Å². The number of anilines is 2. The van der Waals surface area contributed by atoms with Crippen LogP contribution in [0.3, 0.4) is 0 Å². The number of amides is 1. The molecule has 1 saturated heterocycles. The number of ether oxygens (including phenoxy) is 3. The van der Waals surface area contributed by atoms with E-state index in [-0.39, 0.29) is 24.6 Å². The third-order valence-corrected chi connectivity index (χ3v) is 4.66. The quantitative estimate of drug-likeness (QED) is 0.722. The van der Waals surface area contributed by atoms with Gasteiger partial charge in [-0.25, -0.2) is 4.98 Å². The summed E-state index contributed by atoms with van der Waals surface area (Å²) in [5.74, 6) is 0.563. The maximum atomic E-state index is 12.7. The molecule has 1 aromatic carbocycles. The zero-order valence-electron chi connectivity index (χ0n) is 16.3. The fourth-order valence-electron chi connectivity index (χ4n) is 3.00. The molecule has 9 nitrogen and oxygen atoms in total. The smallest absolute Gasteiger partial charge is 0.255 e. The lowest BCUT2D eigenvalue weighted by Crippen LogP contribution is -2.42. The lowest BCUT2D eigenvalue weighted by atomic mass is 10.3. The van der Waals surface area contributed by atoms with Crippen LogP contribution in [0.1, 0.15) is 5.69 Å². The molecule has 156 valence electrons. The van der Waals surface area contributed by atoms with E-state index in [0.717, 1.165) is 0 Å². The lowest BCUT2D eigenvalue weighted by molar-refractivity contribution is -0.116. The van der Waals surface area contributed by atoms with E-state index >= 15 is 0 Å². The summed E-state index contributed by atoms with van der Waals surface area (Å²) in [7, 11) is 3.05. The molecule has 1 N–H and O–H groups in total. The lowest BCUT2D eigenvalue weighted by Gasteiger charge is -2.29. The van der Waals surface area contributed by atoms with Gasteiger partial charge in [-0.2, -0.15) is 0 Å². The van der Waals surface area contributed by atoms with Crippen LogP contribution in [0.25, 0.3) is 0 Å². The van der Waals surface area contributed by atoms with Gasteiger partial charge < -0.3 is 24.4 Å². The highest BCUT2D eigenvalue weighted by molar-refractivity contribution is 6.32. The normalized spacial score (nSPS) is 14.0. The molecule has 1 fully saturated rings. The Balaban J connectivity index is 1.83. The van der Waals surface area contributed by atoms with E-state index in [1.54, 1.807) is 18.2 Å². The fourth-order valence-corrected chi connectivity index (χ4v) is 3.26. The summed E-state index contributed by atoms with van der Waals surface area (Å²) in [6.07, 6.45) is 0. The van der Waals surface area contributed by atoms with Crippen molar-refractivity contribution in [1.29, 1.82) is 0 Å². The summed E-state index contributed by atoms with van der Waals surface area (Å²) in [4.78, 5) is 31.8. The van der Waals surface area contributed by atoms with Crippen LogP contribution in [0.4, 0.5) is 11.6 Å². The molecule has 0 atom stereocenters. The van der Waals surface area contributed by atoms with Gasteiger partial charge in [-0.1, -0.05) is 11.6 Å². The monoisotopic (exact) mass is 422 g/mol. The molecule has 0 aliphatic carbocycles. The van der Waals surface area contributed by atoms with Crippen molar-refractivity contribution in [2.75, 3.05) is 50.7 Å². The second-order valence-electron chi connectivity index (χ2n) is 6.40. The van der Waals surface area contributed by atoms with Crippen LogP contribution in [0.5, 0.6) is 5.75 Å². The number of halogens is 1. The Morgan fingerprint density at radius 2 is 2.03 bits per heavy atom. The highest BCUT2D eigenvalue weighted by Gasteiger charge is 2.20. The van der Waals surface area contributed by atoms with Gasteiger partial charge in [-0.05, 0) is 18.2 Å². The standard InChI is InChI=1S/C19H23ClN4O5/c1-27-12-14-10-18(26)24(19(22-14)23-5-7-29-8-6-23)11-17(25)21-13-3-4-16(28-2)15(20)9-13/h3-4,9-10H,5-8,11-12H2,1-2H3,(H,21,25). The van der Waals surface area contributed by atoms with Crippen LogP contribution < -0.4 is 20.5 Å². The molecule has 1 aliphatic heterocycles. The number of rotatable bonds is 7. The maximum absolute atomic E-state index is 12.7. The third kappa shape index (κ3) is 5.26. The number of aromatic nitrogens is 2. The van der Waals surface area contributed by atoms with E-state index in [1.165, 1.54) is 24.9 Å². The van der Waals surface area contributed by atoms with Gasteiger partial charge in [-0.15, -0.1) is 0 Å². The van der Waals surface area contributed by atoms with Crippen LogP contribution in [0.15, 0.2) is 29.1 Å². The average molecular weight is 423 g/mol. The van der Waals surface area contributed by atoms with Crippen LogP contribution in [-0.2, 0) is 27.4 Å². The minimum Gasteiger partial charge on any atom is -0.495 e. The third-order valence-electron chi connectivity index (χ3n) is 4.36. The first kappa shape index (κ1) is 21.1. The van der Waals surface area contributed by atoms with Crippen molar-refractivity contribution in [1.82, 2.24) is 9.55 Å². The summed E-state index contributed by atoms with van der Waals surface area (Å²) in [6, 6.07) is 6.30. The number of methoxy groups -OCH3 is 2. The molecule has 29 heavy (non-hydrogen) atoms. The Kier molecular flexibility index (Phi) is 7.08. The first-order valence-corrected chi connectivity index (χ1v) is 9.45. The maximum Gasteiger partial charge on any atom is 0.255 e. The van der Waals surface area contributed by atoms with E-state index < -0.39 is 0 Å². The number of hydrogen-bond donors (Lipinski definition) is 1. The van der Waals surface area contributed by atoms with Crippen molar-refractivity contribution in [3.05, 3.63) is 45.3 Å². The fraction of sp³-hybridized carbons (Fsp3) is 0.421. The topological polar surface area (TPSA) is 94.9 Å². The zero-order chi connectivity index (χ0) is 20.8. The second kappa shape index (κ2) is 9.73. The van der Waals surface area contributed by atoms with E-state index in [1.807, 2.05) is 4.90 Å². The van der Waals surface area contributed by atoms with Gasteiger partial charge in [0, 0.05) is 32.0 Å². The number of benzene rings is 1. The molecule has 1 aliphatic rings. The summed E-state index contributed by atoms with van der Waals surface area (Å²) >= 11 is 6.10. The first-order valence-electron chi connectivity index (χ1n) is 9.07. The van der Waals surface area contributed by atoms with E-state index in [9.17, 15) is 9.59 Å². The summed E-state index contributed by atoms with van der Waals surface area (Å²) in [6.45, 7) is 2.25. The molecule has 0 unspecified atom stereocenters. The van der Waals surface area contributed by atoms with Crippen molar-refractivity contribution >= 4 is 29.1 Å². The molecular formula is C19H23ClN4O5. The van der Waals surface area contributed by atoms with Gasteiger partial charge in [-0.3, -0.25) is 14.2 Å². The number of carbonyl (C=O) groups is 1. The van der Waals surface area contributed by atoms with Crippen LogP contribution in [0.2, 0.25) is 5.02 Å². The Bertz CT molecular complexity index is 927. The summed E-state index contributed by atoms with van der Waals surface area (Å²) < 4.78 is 16.9. The van der Waals surface area contributed by atoms with Crippen molar-refractivity contribution < 1.29 is 19.0 Å². The molecule has 3 rings (SSSR count). The van der Waals surface area contributed by atoms with Gasteiger partial charge in [0.15, 0.2) is 0 Å². The van der Waals surface area contributed by atoms with Crippen LogP contribution in [-0.4, -0.2) is 56.0 Å². The van der Waals surface area contributed by atoms with Gasteiger partial charge in [0.25, 0.3) is 5.56 Å². The molecule has 1 amide bonds. The van der Waals surface area contributed by atoms with Gasteiger partial charge in [0.2, 0.25) is 11.9 Å². The van der Waals surface area contributed by atoms with Crippen molar-refractivity contribution in [3.63, 3.8) is 0 Å². The molecule has 2 aromatic rings. The highest BCUT2D eigenvalue weighted by atomic mass is 35.5. The molecule has 10 heteroatoms. The molecule has 1 aromatic heterocycles. The zero-order valence-corrected chi connectivity index (χ0v) is 17.1. The molecule has 2 heterocycles. The van der Waals surface area contributed by atoms with Crippen molar-refractivity contribution in [2.45, 2.75) is 13.2 Å². The molecule has 0 spiro atoms. The Hall–Kier alpha value is -2.62. The number of nitrogens with zero attached hydrogens (tertiary/aromatic N) is 3. The predicted molar refractivity (Wildman–Crippen MR) is 109 cm³/mol. The van der Waals surface area contributed by atoms with Crippen LogP contribution >= 0.6 is 11.6 Å². The minimum atomic E-state index is -0.371. The Morgan fingerprint density at radius 1 is 1.28 bits per heavy atom. The Morgan fingerprint density at radius 3 is 2.69 bits per heavy atom. The van der Waals surface area contributed by atoms with E-state index in [4.69, 9.17) is 25.8 Å². The number of nitrogens with one attached hydrogen (secondary N) is 1. The van der Waals surface area contributed by atoms with E-state index in [2.05, 4.69) is 10.3 Å². The van der Waals surface area contributed by atoms with Crippen molar-refractivity contribution in [3.8, 4) is 5.75 Å². The molecule has 0 saturated carbocycles. The Labute approximate surface area is 173 Å². The summed E-state index contributed by atoms with van der Waals surface area (Å²) in [5.41, 5.74) is 0.694. The number of morpholine rings is 1. The van der Waals surface area contributed by atoms with Gasteiger partial charge in [0.1, 0.15) is 12.3 Å². The van der Waals surface area contributed by atoms with Crippen molar-refractivity contribution in [2.24, 2.45) is 0 Å². The largest absolute Gasteiger partial charge is 0.495 e. The van der Waals surface area contributed by atoms with Crippen LogP contribution in [0, 0.1) is 0 Å². The molecule has 0 bridgehead atoms. The molecular weight excluding hydrogens is 400 g/mol. The molecule has 0 radical (unpaired) electrons. The van der Waals surface area contributed by atoms with E-state index in [0.29, 0.717) is 54.4 Å².